The van der Waals surface area contributed by atoms with Crippen LogP contribution in [0, 0.1) is 20.4 Å². The maximum Gasteiger partial charge on any atom is 0.295 e. The maximum atomic E-state index is 12.2. The van der Waals surface area contributed by atoms with Gasteiger partial charge in [-0.05, 0) is 57.8 Å². The number of unbranched alkanes of at least 4 members (excludes halogenated alkanes) is 2. The van der Waals surface area contributed by atoms with Gasteiger partial charge < -0.3 is 43.6 Å². The average Bonchev–Trinajstić information content (AvgIpc) is 3.19. The number of phenolic OH excluding ortho intramolecular Hbond substituents is 2. The van der Waals surface area contributed by atoms with Crippen LogP contribution < -0.4 is 24.3 Å². The molecule has 1 saturated heterocycles. The first-order valence-corrected chi connectivity index (χ1v) is 24.0. The second-order valence-electron chi connectivity index (χ2n) is 17.4. The van der Waals surface area contributed by atoms with Crippen LogP contribution in [0.3, 0.4) is 0 Å². The second-order valence-corrected chi connectivity index (χ2v) is 22.4. The van der Waals surface area contributed by atoms with Gasteiger partial charge in [-0.1, -0.05) is 53.9 Å². The quantitative estimate of drug-likeness (QED) is 0.0814. The minimum atomic E-state index is -1.91. The minimum Gasteiger partial charge on any atom is -0.504 e. The molecule has 2 aromatic rings. The van der Waals surface area contributed by atoms with E-state index in [1.807, 2.05) is 13.8 Å². The van der Waals surface area contributed by atoms with Crippen LogP contribution in [0.2, 0.25) is 17.6 Å². The van der Waals surface area contributed by atoms with Crippen molar-refractivity contribution in [2.24, 2.45) is 0 Å². The summed E-state index contributed by atoms with van der Waals surface area (Å²) in [6.07, 6.45) is 5.11. The van der Waals surface area contributed by atoms with Crippen LogP contribution in [0.25, 0.3) is 4.85 Å². The lowest BCUT2D eigenvalue weighted by Crippen LogP contribution is -2.60. The molecule has 0 radical (unpaired) electrons. The van der Waals surface area contributed by atoms with Crippen molar-refractivity contribution < 1.29 is 38.3 Å². The van der Waals surface area contributed by atoms with Gasteiger partial charge in [-0.2, -0.15) is 0 Å². The number of nitrogens with one attached hydrogen (secondary N) is 1. The van der Waals surface area contributed by atoms with Gasteiger partial charge in [0.05, 0.1) is 47.2 Å². The fraction of sp³-hybridized carbons (Fsp3) is 0.711. The van der Waals surface area contributed by atoms with Gasteiger partial charge in [-0.15, -0.1) is 0 Å². The van der Waals surface area contributed by atoms with Crippen molar-refractivity contribution in [2.75, 3.05) is 61.8 Å². The SMILES string of the molecule is [C-]#[N+]C(C1Cc2c(OC)c(C)c(OC)c(O)c2C(C2Cc3c(OC)c(C)c(OC)c(O)c3C(CCCCC)N2)N1C)N1CCOC(CCO[Si](C)(C(C)C)C(C)C)C1. The summed E-state index contributed by atoms with van der Waals surface area (Å²) < 4.78 is 36.9. The Hall–Kier alpha value is -3.25. The second kappa shape index (κ2) is 19.4. The Labute approximate surface area is 349 Å². The number of phenols is 2. The molecule has 12 nitrogen and oxygen atoms in total. The number of fused-ring (bicyclic) bond motifs is 2. The molecule has 13 heteroatoms. The number of rotatable bonds is 17. The number of methoxy groups -OCH3 is 4. The molecule has 1 fully saturated rings. The summed E-state index contributed by atoms with van der Waals surface area (Å²) in [7, 11) is 6.66. The summed E-state index contributed by atoms with van der Waals surface area (Å²) in [5, 5.41) is 28.0. The molecule has 0 bridgehead atoms. The van der Waals surface area contributed by atoms with Gasteiger partial charge in [-0.3, -0.25) is 9.74 Å². The van der Waals surface area contributed by atoms with Gasteiger partial charge in [0.25, 0.3) is 6.17 Å². The smallest absolute Gasteiger partial charge is 0.295 e. The number of hydrogen-bond acceptors (Lipinski definition) is 11. The Bertz CT molecular complexity index is 1770. The van der Waals surface area contributed by atoms with Crippen LogP contribution in [0.1, 0.15) is 112 Å². The molecule has 3 aliphatic heterocycles. The van der Waals surface area contributed by atoms with Crippen LogP contribution in [-0.2, 0) is 22.0 Å². The van der Waals surface area contributed by atoms with Crippen LogP contribution in [0.4, 0.5) is 0 Å². The molecule has 324 valence electrons. The van der Waals surface area contributed by atoms with Crippen molar-refractivity contribution in [1.82, 2.24) is 15.1 Å². The first-order valence-electron chi connectivity index (χ1n) is 21.4. The van der Waals surface area contributed by atoms with Crippen molar-refractivity contribution in [2.45, 2.75) is 147 Å². The predicted octanol–water partition coefficient (Wildman–Crippen LogP) is 8.23. The average molecular weight is 825 g/mol. The highest BCUT2D eigenvalue weighted by molar-refractivity contribution is 6.75. The Kier molecular flexibility index (Phi) is 15.3. The molecular weight excluding hydrogens is 753 g/mol. The molecule has 58 heavy (non-hydrogen) atoms. The van der Waals surface area contributed by atoms with Crippen molar-refractivity contribution in [1.29, 1.82) is 0 Å². The fourth-order valence-electron chi connectivity index (χ4n) is 10.1. The molecule has 6 atom stereocenters. The molecule has 3 heterocycles. The standard InChI is InChI=1S/C45H72N4O8Si/c1-15-16-17-18-33-36-31(41(52-10)28(6)43(54-12)39(36)50)23-34(47-33)38-37-32(42(53-11)29(7)44(55-13)40(37)51)24-35(48(38)9)45(46-8)49-20-22-56-30(25-49)19-21-57-58(14,26(2)3)27(4)5/h26-27,30,33-35,38,45,47,50-51H,15-25H2,1-7,9-14H3. The zero-order valence-corrected chi connectivity index (χ0v) is 38.6. The van der Waals surface area contributed by atoms with E-state index in [-0.39, 0.29) is 35.7 Å². The Morgan fingerprint density at radius 3 is 1.97 bits per heavy atom. The fourth-order valence-corrected chi connectivity index (χ4v) is 12.7. The maximum absolute atomic E-state index is 12.2. The molecule has 0 aromatic heterocycles. The third-order valence-electron chi connectivity index (χ3n) is 13.8. The van der Waals surface area contributed by atoms with Crippen LogP contribution in [0.5, 0.6) is 34.5 Å². The number of aromatic hydroxyl groups is 2. The van der Waals surface area contributed by atoms with Gasteiger partial charge in [0.1, 0.15) is 17.5 Å². The third kappa shape index (κ3) is 8.52. The lowest BCUT2D eigenvalue weighted by atomic mass is 9.76. The molecule has 0 saturated carbocycles. The Morgan fingerprint density at radius 2 is 1.43 bits per heavy atom. The normalized spacial score (nSPS) is 23.3. The number of hydrogen-bond donors (Lipinski definition) is 3. The van der Waals surface area contributed by atoms with E-state index >= 15 is 0 Å². The van der Waals surface area contributed by atoms with Crippen LogP contribution in [-0.4, -0.2) is 114 Å². The third-order valence-corrected chi connectivity index (χ3v) is 19.2. The van der Waals surface area contributed by atoms with Crippen molar-refractivity contribution in [3.63, 3.8) is 0 Å². The largest absolute Gasteiger partial charge is 0.504 e. The van der Waals surface area contributed by atoms with Gasteiger partial charge in [0, 0.05) is 71.6 Å². The zero-order valence-electron chi connectivity index (χ0n) is 37.6. The minimum absolute atomic E-state index is 0.0431. The summed E-state index contributed by atoms with van der Waals surface area (Å²) in [5.74, 6) is 2.40. The van der Waals surface area contributed by atoms with E-state index in [4.69, 9.17) is 34.7 Å². The summed E-state index contributed by atoms with van der Waals surface area (Å²) in [6, 6.07) is -1.13. The lowest BCUT2D eigenvalue weighted by molar-refractivity contribution is -0.0599. The first kappa shape index (κ1) is 45.8. The zero-order chi connectivity index (χ0) is 42.6. The first-order chi connectivity index (χ1) is 27.6. The van der Waals surface area contributed by atoms with Gasteiger partial charge in [-0.25, -0.2) is 11.5 Å². The topological polar surface area (TPSA) is 119 Å². The lowest BCUT2D eigenvalue weighted by Gasteiger charge is -2.49. The summed E-state index contributed by atoms with van der Waals surface area (Å²) in [4.78, 5) is 8.97. The monoisotopic (exact) mass is 825 g/mol. The summed E-state index contributed by atoms with van der Waals surface area (Å²) in [5.41, 5.74) is 5.85. The molecular formula is C45H72N4O8Si. The van der Waals surface area contributed by atoms with Crippen LogP contribution in [0.15, 0.2) is 0 Å². The van der Waals surface area contributed by atoms with E-state index in [0.29, 0.717) is 73.2 Å². The van der Waals surface area contributed by atoms with E-state index in [1.54, 1.807) is 28.4 Å². The predicted molar refractivity (Wildman–Crippen MR) is 231 cm³/mol. The number of benzene rings is 2. The highest BCUT2D eigenvalue weighted by Gasteiger charge is 2.50. The number of ether oxygens (including phenoxy) is 5. The van der Waals surface area contributed by atoms with E-state index in [2.05, 4.69) is 68.2 Å². The van der Waals surface area contributed by atoms with Crippen molar-refractivity contribution >= 4 is 8.32 Å². The molecule has 0 spiro atoms. The van der Waals surface area contributed by atoms with Gasteiger partial charge in [0.15, 0.2) is 31.3 Å². The molecule has 0 amide bonds. The van der Waals surface area contributed by atoms with E-state index < -0.39 is 20.5 Å². The molecule has 6 unspecified atom stereocenters. The van der Waals surface area contributed by atoms with E-state index in [9.17, 15) is 10.2 Å². The molecule has 0 aliphatic carbocycles. The molecule has 5 rings (SSSR count). The Morgan fingerprint density at radius 1 is 0.862 bits per heavy atom. The number of morpholine rings is 1. The van der Waals surface area contributed by atoms with Crippen molar-refractivity contribution in [3.8, 4) is 34.5 Å². The van der Waals surface area contributed by atoms with E-state index in [1.165, 1.54) is 0 Å². The molecule has 2 aromatic carbocycles. The highest BCUT2D eigenvalue weighted by Crippen LogP contribution is 2.55. The van der Waals surface area contributed by atoms with E-state index in [0.717, 1.165) is 65.5 Å². The molecule has 3 N–H and O–H groups in total. The van der Waals surface area contributed by atoms with Gasteiger partial charge >= 0.3 is 0 Å². The van der Waals surface area contributed by atoms with Crippen molar-refractivity contribution in [3.05, 3.63) is 44.8 Å². The summed E-state index contributed by atoms with van der Waals surface area (Å²) >= 11 is 0. The number of nitrogens with zero attached hydrogens (tertiary/aromatic N) is 3. The van der Waals surface area contributed by atoms with Crippen LogP contribution >= 0.6 is 0 Å². The molecule has 3 aliphatic rings. The summed E-state index contributed by atoms with van der Waals surface area (Å²) in [6.45, 7) is 28.7. The highest BCUT2D eigenvalue weighted by atomic mass is 28.4. The number of likely N-dealkylation sites (N-methyl/N-ethyl adjacent to an activating group) is 1. The Balaban J connectivity index is 1.58. The van der Waals surface area contributed by atoms with Gasteiger partial charge in [0.2, 0.25) is 0 Å².